The predicted octanol–water partition coefficient (Wildman–Crippen LogP) is 2.03. The average molecular weight is 225 g/mol. The van der Waals surface area contributed by atoms with Crippen LogP contribution >= 0.6 is 0 Å². The van der Waals surface area contributed by atoms with E-state index in [9.17, 15) is 4.39 Å². The van der Waals surface area contributed by atoms with Crippen LogP contribution in [0.15, 0.2) is 12.3 Å². The molecule has 4 heteroatoms. The van der Waals surface area contributed by atoms with Crippen molar-refractivity contribution in [2.45, 2.75) is 20.4 Å². The summed E-state index contributed by atoms with van der Waals surface area (Å²) in [6.45, 7) is 5.69. The maximum absolute atomic E-state index is 13.9. The first kappa shape index (κ1) is 12.9. The summed E-state index contributed by atoms with van der Waals surface area (Å²) in [5.74, 6) is 0.728. The van der Waals surface area contributed by atoms with Gasteiger partial charge in [-0.2, -0.15) is 0 Å². The van der Waals surface area contributed by atoms with Gasteiger partial charge < -0.3 is 10.2 Å². The van der Waals surface area contributed by atoms with E-state index in [0.717, 1.165) is 6.54 Å². The van der Waals surface area contributed by atoms with Crippen LogP contribution < -0.4 is 10.2 Å². The lowest BCUT2D eigenvalue weighted by atomic mass is 10.2. The quantitative estimate of drug-likeness (QED) is 0.831. The third-order valence-corrected chi connectivity index (χ3v) is 2.24. The molecule has 0 saturated carbocycles. The monoisotopic (exact) mass is 225 g/mol. The molecule has 16 heavy (non-hydrogen) atoms. The first-order valence-corrected chi connectivity index (χ1v) is 5.53. The van der Waals surface area contributed by atoms with Crippen LogP contribution in [0.3, 0.4) is 0 Å². The van der Waals surface area contributed by atoms with Gasteiger partial charge in [0.2, 0.25) is 0 Å². The molecule has 0 saturated heterocycles. The van der Waals surface area contributed by atoms with Crippen LogP contribution in [-0.2, 0) is 6.54 Å². The van der Waals surface area contributed by atoms with E-state index in [0.29, 0.717) is 23.8 Å². The van der Waals surface area contributed by atoms with Gasteiger partial charge in [-0.1, -0.05) is 13.8 Å². The molecular weight excluding hydrogens is 205 g/mol. The lowest BCUT2D eigenvalue weighted by molar-refractivity contribution is 0.533. The Morgan fingerprint density at radius 2 is 2.12 bits per heavy atom. The number of pyridine rings is 1. The van der Waals surface area contributed by atoms with Gasteiger partial charge in [-0.25, -0.2) is 9.37 Å². The fourth-order valence-electron chi connectivity index (χ4n) is 1.42. The highest BCUT2D eigenvalue weighted by atomic mass is 19.1. The first-order chi connectivity index (χ1) is 7.52. The molecule has 0 radical (unpaired) electrons. The summed E-state index contributed by atoms with van der Waals surface area (Å²) in [4.78, 5) is 5.69. The Hall–Kier alpha value is -1.16. The molecule has 90 valence electrons. The average Bonchev–Trinajstić information content (AvgIpc) is 2.19. The summed E-state index contributed by atoms with van der Waals surface area (Å²) in [5.41, 5.74) is 0.666. The third-order valence-electron chi connectivity index (χ3n) is 2.24. The Kier molecular flexibility index (Phi) is 4.68. The van der Waals surface area contributed by atoms with Crippen molar-refractivity contribution in [2.75, 3.05) is 25.5 Å². The zero-order valence-electron chi connectivity index (χ0n) is 10.4. The lowest BCUT2D eigenvalue weighted by Gasteiger charge is -2.14. The number of hydrogen-bond donors (Lipinski definition) is 1. The third kappa shape index (κ3) is 3.45. The van der Waals surface area contributed by atoms with Crippen molar-refractivity contribution in [3.05, 3.63) is 23.6 Å². The number of nitrogens with zero attached hydrogens (tertiary/aromatic N) is 2. The van der Waals surface area contributed by atoms with Gasteiger partial charge in [0.1, 0.15) is 0 Å². The summed E-state index contributed by atoms with van der Waals surface area (Å²) in [6.07, 6.45) is 1.64. The number of rotatable bonds is 5. The van der Waals surface area contributed by atoms with E-state index < -0.39 is 0 Å². The normalized spacial score (nSPS) is 10.9. The molecule has 0 bridgehead atoms. The molecular formula is C12H20FN3. The largest absolute Gasteiger partial charge is 0.360 e. The predicted molar refractivity (Wildman–Crippen MR) is 65.1 cm³/mol. The van der Waals surface area contributed by atoms with Crippen LogP contribution in [0.25, 0.3) is 0 Å². The molecule has 1 rings (SSSR count). The maximum atomic E-state index is 13.9. The van der Waals surface area contributed by atoms with Crippen LogP contribution in [-0.4, -0.2) is 25.6 Å². The van der Waals surface area contributed by atoms with E-state index in [1.807, 2.05) is 0 Å². The van der Waals surface area contributed by atoms with Gasteiger partial charge in [-0.3, -0.25) is 0 Å². The molecule has 0 aliphatic heterocycles. The molecule has 1 aromatic rings. The van der Waals surface area contributed by atoms with Crippen molar-refractivity contribution in [1.82, 2.24) is 10.3 Å². The highest BCUT2D eigenvalue weighted by molar-refractivity contribution is 5.41. The fourth-order valence-corrected chi connectivity index (χ4v) is 1.42. The molecule has 0 aromatic carbocycles. The Morgan fingerprint density at radius 1 is 1.44 bits per heavy atom. The van der Waals surface area contributed by atoms with Crippen LogP contribution in [0, 0.1) is 11.7 Å². The molecule has 1 heterocycles. The summed E-state index contributed by atoms with van der Waals surface area (Å²) in [6, 6.07) is 1.72. The van der Waals surface area contributed by atoms with Gasteiger partial charge in [0, 0.05) is 32.4 Å². The molecule has 0 aliphatic carbocycles. The maximum Gasteiger partial charge on any atom is 0.170 e. The fraction of sp³-hybridized carbons (Fsp3) is 0.583. The summed E-state index contributed by atoms with van der Waals surface area (Å²) >= 11 is 0. The first-order valence-electron chi connectivity index (χ1n) is 5.53. The highest BCUT2D eigenvalue weighted by Crippen LogP contribution is 2.16. The van der Waals surface area contributed by atoms with Crippen molar-refractivity contribution in [3.63, 3.8) is 0 Å². The summed E-state index contributed by atoms with van der Waals surface area (Å²) in [5, 5.41) is 3.22. The standard InChI is InChI=1S/C12H20FN3/c1-9(2)7-14-8-10-5-6-15-12(11(10)13)16(3)4/h5-6,9,14H,7-8H2,1-4H3. The molecule has 0 aliphatic rings. The SMILES string of the molecule is CC(C)CNCc1ccnc(N(C)C)c1F. The second-order valence-corrected chi connectivity index (χ2v) is 4.53. The molecule has 0 spiro atoms. The topological polar surface area (TPSA) is 28.2 Å². The van der Waals surface area contributed by atoms with Crippen LogP contribution in [0.5, 0.6) is 0 Å². The molecule has 0 amide bonds. The van der Waals surface area contributed by atoms with E-state index in [4.69, 9.17) is 0 Å². The van der Waals surface area contributed by atoms with Crippen molar-refractivity contribution in [1.29, 1.82) is 0 Å². The second kappa shape index (κ2) is 5.80. The lowest BCUT2D eigenvalue weighted by Crippen LogP contribution is -2.21. The van der Waals surface area contributed by atoms with E-state index in [-0.39, 0.29) is 5.82 Å². The van der Waals surface area contributed by atoms with E-state index >= 15 is 0 Å². The molecule has 0 unspecified atom stereocenters. The second-order valence-electron chi connectivity index (χ2n) is 4.53. The van der Waals surface area contributed by atoms with Crippen molar-refractivity contribution < 1.29 is 4.39 Å². The van der Waals surface area contributed by atoms with E-state index in [2.05, 4.69) is 24.1 Å². The number of halogens is 1. The molecule has 1 aromatic heterocycles. The van der Waals surface area contributed by atoms with Crippen molar-refractivity contribution >= 4 is 5.82 Å². The van der Waals surface area contributed by atoms with Gasteiger partial charge in [-0.05, 0) is 18.5 Å². The van der Waals surface area contributed by atoms with Gasteiger partial charge in [-0.15, -0.1) is 0 Å². The molecule has 0 fully saturated rings. The van der Waals surface area contributed by atoms with Crippen LogP contribution in [0.4, 0.5) is 10.2 Å². The minimum absolute atomic E-state index is 0.233. The smallest absolute Gasteiger partial charge is 0.170 e. The van der Waals surface area contributed by atoms with Crippen molar-refractivity contribution in [3.8, 4) is 0 Å². The van der Waals surface area contributed by atoms with Gasteiger partial charge >= 0.3 is 0 Å². The zero-order valence-corrected chi connectivity index (χ0v) is 10.4. The molecule has 3 nitrogen and oxygen atoms in total. The number of anilines is 1. The van der Waals surface area contributed by atoms with Gasteiger partial charge in [0.15, 0.2) is 11.6 Å². The minimum Gasteiger partial charge on any atom is -0.360 e. The number of aromatic nitrogens is 1. The summed E-state index contributed by atoms with van der Waals surface area (Å²) in [7, 11) is 3.58. The Balaban J connectivity index is 2.70. The molecule has 0 atom stereocenters. The summed E-state index contributed by atoms with van der Waals surface area (Å²) < 4.78 is 13.9. The van der Waals surface area contributed by atoms with E-state index in [1.165, 1.54) is 0 Å². The van der Waals surface area contributed by atoms with Crippen molar-refractivity contribution in [2.24, 2.45) is 5.92 Å². The molecule has 1 N–H and O–H groups in total. The number of hydrogen-bond acceptors (Lipinski definition) is 3. The highest BCUT2D eigenvalue weighted by Gasteiger charge is 2.10. The van der Waals surface area contributed by atoms with E-state index in [1.54, 1.807) is 31.3 Å². The van der Waals surface area contributed by atoms with Crippen LogP contribution in [0.2, 0.25) is 0 Å². The number of nitrogens with one attached hydrogen (secondary N) is 1. The Bertz CT molecular complexity index is 337. The van der Waals surface area contributed by atoms with Gasteiger partial charge in [0.05, 0.1) is 0 Å². The van der Waals surface area contributed by atoms with Crippen LogP contribution in [0.1, 0.15) is 19.4 Å². The minimum atomic E-state index is -0.233. The Labute approximate surface area is 96.7 Å². The Morgan fingerprint density at radius 3 is 2.69 bits per heavy atom. The zero-order chi connectivity index (χ0) is 12.1. The van der Waals surface area contributed by atoms with Gasteiger partial charge in [0.25, 0.3) is 0 Å².